The second-order valence-corrected chi connectivity index (χ2v) is 6.37. The lowest BCUT2D eigenvalue weighted by atomic mass is 10.1. The predicted molar refractivity (Wildman–Crippen MR) is 98.6 cm³/mol. The van der Waals surface area contributed by atoms with Crippen LogP contribution in [0.25, 0.3) is 11.0 Å². The third kappa shape index (κ3) is 4.14. The van der Waals surface area contributed by atoms with Crippen LogP contribution in [0.1, 0.15) is 10.4 Å². The number of fused-ring (bicyclic) bond motifs is 1. The Morgan fingerprint density at radius 2 is 2.31 bits per heavy atom. The van der Waals surface area contributed by atoms with Crippen LogP contribution < -0.4 is 5.32 Å². The Hall–Kier alpha value is -2.16. The fourth-order valence-corrected chi connectivity index (χ4v) is 3.01. The standard InChI is InChI=1S/C18H26N4O4/c1-21(11-14-12-25-8-9-26-14)17(23)13-4-5-16-15(10-13)20-18(22(16)2)19-6-7-24-3/h4-5,10,14H,6-9,11-12H2,1-3H3,(H,19,20)/t14-/m0/s1. The van der Waals surface area contributed by atoms with Gasteiger partial charge in [-0.15, -0.1) is 0 Å². The van der Waals surface area contributed by atoms with E-state index in [1.54, 1.807) is 19.1 Å². The van der Waals surface area contributed by atoms with Crippen LogP contribution in [-0.2, 0) is 21.3 Å². The largest absolute Gasteiger partial charge is 0.383 e. The molecule has 2 aromatic rings. The zero-order valence-electron chi connectivity index (χ0n) is 15.5. The molecule has 1 aromatic heterocycles. The minimum absolute atomic E-state index is 0.0550. The summed E-state index contributed by atoms with van der Waals surface area (Å²) >= 11 is 0. The summed E-state index contributed by atoms with van der Waals surface area (Å²) < 4.78 is 18.0. The lowest BCUT2D eigenvalue weighted by molar-refractivity contribution is -0.0933. The maximum absolute atomic E-state index is 12.7. The number of ether oxygens (including phenoxy) is 3. The summed E-state index contributed by atoms with van der Waals surface area (Å²) in [6.07, 6.45) is -0.0760. The van der Waals surface area contributed by atoms with Gasteiger partial charge in [-0.05, 0) is 18.2 Å². The van der Waals surface area contributed by atoms with Gasteiger partial charge in [-0.2, -0.15) is 0 Å². The molecule has 2 heterocycles. The first-order valence-electron chi connectivity index (χ1n) is 8.74. The first-order valence-corrected chi connectivity index (χ1v) is 8.74. The van der Waals surface area contributed by atoms with Crippen LogP contribution >= 0.6 is 0 Å². The number of carbonyl (C=O) groups is 1. The quantitative estimate of drug-likeness (QED) is 0.744. The highest BCUT2D eigenvalue weighted by Gasteiger charge is 2.21. The molecule has 1 amide bonds. The summed E-state index contributed by atoms with van der Waals surface area (Å²) in [5.41, 5.74) is 2.36. The van der Waals surface area contributed by atoms with E-state index < -0.39 is 0 Å². The number of nitrogens with zero attached hydrogens (tertiary/aromatic N) is 3. The molecule has 1 fully saturated rings. The number of likely N-dealkylation sites (N-methyl/N-ethyl adjacent to an activating group) is 1. The van der Waals surface area contributed by atoms with E-state index in [9.17, 15) is 4.79 Å². The van der Waals surface area contributed by atoms with E-state index in [1.807, 2.05) is 29.8 Å². The molecular weight excluding hydrogens is 336 g/mol. The molecule has 1 aliphatic heterocycles. The average Bonchev–Trinajstić information content (AvgIpc) is 2.97. The minimum atomic E-state index is -0.0760. The Labute approximate surface area is 153 Å². The van der Waals surface area contributed by atoms with Crippen molar-refractivity contribution in [3.8, 4) is 0 Å². The van der Waals surface area contributed by atoms with Gasteiger partial charge in [-0.1, -0.05) is 0 Å². The van der Waals surface area contributed by atoms with Crippen molar-refractivity contribution in [2.45, 2.75) is 6.10 Å². The van der Waals surface area contributed by atoms with Crippen LogP contribution in [0.15, 0.2) is 18.2 Å². The summed E-state index contributed by atoms with van der Waals surface area (Å²) in [6.45, 7) is 3.49. The number of methoxy groups -OCH3 is 1. The third-order valence-corrected chi connectivity index (χ3v) is 4.43. The maximum Gasteiger partial charge on any atom is 0.253 e. The fourth-order valence-electron chi connectivity index (χ4n) is 3.01. The van der Waals surface area contributed by atoms with Gasteiger partial charge >= 0.3 is 0 Å². The van der Waals surface area contributed by atoms with Gasteiger partial charge in [0.2, 0.25) is 5.95 Å². The number of hydrogen-bond acceptors (Lipinski definition) is 6. The molecule has 8 nitrogen and oxygen atoms in total. The van der Waals surface area contributed by atoms with Crippen LogP contribution in [0, 0.1) is 0 Å². The number of carbonyl (C=O) groups excluding carboxylic acids is 1. The summed E-state index contributed by atoms with van der Waals surface area (Å²) in [5, 5.41) is 3.23. The second kappa shape index (κ2) is 8.48. The summed E-state index contributed by atoms with van der Waals surface area (Å²) in [4.78, 5) is 19.0. The van der Waals surface area contributed by atoms with Crippen molar-refractivity contribution in [3.05, 3.63) is 23.8 Å². The van der Waals surface area contributed by atoms with E-state index in [4.69, 9.17) is 14.2 Å². The van der Waals surface area contributed by atoms with E-state index in [2.05, 4.69) is 10.3 Å². The molecule has 142 valence electrons. The second-order valence-electron chi connectivity index (χ2n) is 6.37. The monoisotopic (exact) mass is 362 g/mol. The number of hydrogen-bond donors (Lipinski definition) is 1. The molecule has 1 aromatic carbocycles. The number of anilines is 1. The van der Waals surface area contributed by atoms with E-state index in [0.717, 1.165) is 17.0 Å². The summed E-state index contributed by atoms with van der Waals surface area (Å²) in [7, 11) is 5.38. The van der Waals surface area contributed by atoms with Gasteiger partial charge in [0.1, 0.15) is 0 Å². The lowest BCUT2D eigenvalue weighted by Gasteiger charge is -2.27. The number of benzene rings is 1. The van der Waals surface area contributed by atoms with Crippen LogP contribution in [0.2, 0.25) is 0 Å². The van der Waals surface area contributed by atoms with Gasteiger partial charge in [0, 0.05) is 39.9 Å². The van der Waals surface area contributed by atoms with Crippen LogP contribution in [0.4, 0.5) is 5.95 Å². The number of amides is 1. The topological polar surface area (TPSA) is 77.8 Å². The van der Waals surface area contributed by atoms with Gasteiger partial charge < -0.3 is 29.0 Å². The van der Waals surface area contributed by atoms with Gasteiger partial charge in [0.15, 0.2) is 0 Å². The normalized spacial score (nSPS) is 17.4. The molecule has 0 bridgehead atoms. The zero-order chi connectivity index (χ0) is 18.5. The molecule has 8 heteroatoms. The molecule has 0 aliphatic carbocycles. The first-order chi connectivity index (χ1) is 12.6. The van der Waals surface area contributed by atoms with Crippen LogP contribution in [0.3, 0.4) is 0 Å². The molecule has 26 heavy (non-hydrogen) atoms. The van der Waals surface area contributed by atoms with Crippen molar-refractivity contribution in [3.63, 3.8) is 0 Å². The molecule has 1 N–H and O–H groups in total. The van der Waals surface area contributed by atoms with Gasteiger partial charge in [0.05, 0.1) is 43.6 Å². The molecular formula is C18H26N4O4. The van der Waals surface area contributed by atoms with E-state index in [-0.39, 0.29) is 12.0 Å². The van der Waals surface area contributed by atoms with Crippen LogP contribution in [0.5, 0.6) is 0 Å². The van der Waals surface area contributed by atoms with Crippen molar-refractivity contribution < 1.29 is 19.0 Å². The van der Waals surface area contributed by atoms with Gasteiger partial charge in [0.25, 0.3) is 5.91 Å². The third-order valence-electron chi connectivity index (χ3n) is 4.43. The first kappa shape index (κ1) is 18.6. The minimum Gasteiger partial charge on any atom is -0.383 e. The van der Waals surface area contributed by atoms with Crippen LogP contribution in [-0.4, -0.2) is 80.1 Å². The van der Waals surface area contributed by atoms with Crippen molar-refractivity contribution >= 4 is 22.9 Å². The lowest BCUT2D eigenvalue weighted by Crippen LogP contribution is -2.40. The highest BCUT2D eigenvalue weighted by atomic mass is 16.6. The summed E-state index contributed by atoms with van der Waals surface area (Å²) in [6, 6.07) is 5.58. The highest BCUT2D eigenvalue weighted by Crippen LogP contribution is 2.20. The zero-order valence-corrected chi connectivity index (χ0v) is 15.5. The number of aryl methyl sites for hydroxylation is 1. The molecule has 0 unspecified atom stereocenters. The molecule has 1 saturated heterocycles. The Morgan fingerprint density at radius 3 is 3.04 bits per heavy atom. The number of imidazole rings is 1. The average molecular weight is 362 g/mol. The van der Waals surface area contributed by atoms with Gasteiger partial charge in [-0.25, -0.2) is 4.98 Å². The van der Waals surface area contributed by atoms with E-state index >= 15 is 0 Å². The Kier molecular flexibility index (Phi) is 6.08. The number of nitrogens with one attached hydrogen (secondary N) is 1. The van der Waals surface area contributed by atoms with Crippen molar-refractivity contribution in [1.82, 2.24) is 14.5 Å². The molecule has 1 atom stereocenters. The maximum atomic E-state index is 12.7. The Balaban J connectivity index is 1.71. The fraction of sp³-hybridized carbons (Fsp3) is 0.556. The van der Waals surface area contributed by atoms with Crippen molar-refractivity contribution in [2.75, 3.05) is 59.0 Å². The highest BCUT2D eigenvalue weighted by molar-refractivity contribution is 5.97. The Morgan fingerprint density at radius 1 is 1.46 bits per heavy atom. The SMILES string of the molecule is COCCNc1nc2cc(C(=O)N(C)C[C@H]3COCCO3)ccc2n1C. The van der Waals surface area contributed by atoms with Crippen molar-refractivity contribution in [1.29, 1.82) is 0 Å². The van der Waals surface area contributed by atoms with Gasteiger partial charge in [-0.3, -0.25) is 4.79 Å². The molecule has 0 radical (unpaired) electrons. The predicted octanol–water partition coefficient (Wildman–Crippen LogP) is 1.12. The van der Waals surface area contributed by atoms with E-state index in [1.165, 1.54) is 0 Å². The summed E-state index contributed by atoms with van der Waals surface area (Å²) in [5.74, 6) is 0.698. The molecule has 0 spiro atoms. The number of rotatable bonds is 7. The molecule has 0 saturated carbocycles. The Bertz CT molecular complexity index is 755. The smallest absolute Gasteiger partial charge is 0.253 e. The van der Waals surface area contributed by atoms with E-state index in [0.29, 0.717) is 45.1 Å². The van der Waals surface area contributed by atoms with Crippen molar-refractivity contribution in [2.24, 2.45) is 7.05 Å². The number of aromatic nitrogens is 2. The molecule has 1 aliphatic rings. The molecule has 3 rings (SSSR count).